The van der Waals surface area contributed by atoms with E-state index >= 15 is 0 Å². The molecule has 1 amide bonds. The lowest BCUT2D eigenvalue weighted by molar-refractivity contribution is 0.0680. The summed E-state index contributed by atoms with van der Waals surface area (Å²) in [6.07, 6.45) is 0.784. The molecule has 1 fully saturated rings. The first-order valence-electron chi connectivity index (χ1n) is 5.98. The smallest absolute Gasteiger partial charge is 0.259 e. The van der Waals surface area contributed by atoms with Gasteiger partial charge in [0.15, 0.2) is 0 Å². The molecule has 1 heterocycles. The van der Waals surface area contributed by atoms with Crippen molar-refractivity contribution in [1.29, 1.82) is 0 Å². The number of nitrogens with zero attached hydrogens (tertiary/aromatic N) is 1. The minimum absolute atomic E-state index is 0.263. The zero-order valence-corrected chi connectivity index (χ0v) is 13.5. The summed E-state index contributed by atoms with van der Waals surface area (Å²) in [6, 6.07) is 2.22. The van der Waals surface area contributed by atoms with Gasteiger partial charge in [0.1, 0.15) is 17.2 Å². The Hall–Kier alpha value is -0.490. The van der Waals surface area contributed by atoms with E-state index in [2.05, 4.69) is 31.9 Å². The number of hydrogen-bond acceptors (Lipinski definition) is 1. The Morgan fingerprint density at radius 2 is 1.95 bits per heavy atom. The van der Waals surface area contributed by atoms with E-state index in [-0.39, 0.29) is 10.4 Å². The van der Waals surface area contributed by atoms with E-state index < -0.39 is 23.1 Å². The minimum Gasteiger partial charge on any atom is -0.338 e. The summed E-state index contributed by atoms with van der Waals surface area (Å²) >= 11 is 6.53. The molecule has 0 aliphatic carbocycles. The van der Waals surface area contributed by atoms with Crippen LogP contribution in [0, 0.1) is 17.6 Å². The van der Waals surface area contributed by atoms with Gasteiger partial charge in [0.2, 0.25) is 0 Å². The van der Waals surface area contributed by atoms with Crippen molar-refractivity contribution >= 4 is 37.8 Å². The molecule has 0 saturated carbocycles. The molecule has 1 saturated heterocycles. The lowest BCUT2D eigenvalue weighted by atomic mass is 9.99. The molecule has 1 aromatic rings. The summed E-state index contributed by atoms with van der Waals surface area (Å²) in [7, 11) is 0. The number of benzene rings is 1. The molecule has 2 atom stereocenters. The third-order valence-corrected chi connectivity index (χ3v) is 5.13. The predicted molar refractivity (Wildman–Crippen MR) is 76.5 cm³/mol. The van der Waals surface area contributed by atoms with Crippen molar-refractivity contribution in [3.8, 4) is 0 Å². The maximum absolute atomic E-state index is 13.8. The molecule has 2 rings (SSSR count). The highest BCUT2D eigenvalue weighted by Crippen LogP contribution is 2.26. The van der Waals surface area contributed by atoms with Gasteiger partial charge in [-0.25, -0.2) is 8.78 Å². The zero-order chi connectivity index (χ0) is 14.2. The van der Waals surface area contributed by atoms with Crippen molar-refractivity contribution in [3.63, 3.8) is 0 Å². The minimum atomic E-state index is -0.828. The Morgan fingerprint density at radius 3 is 2.47 bits per heavy atom. The van der Waals surface area contributed by atoms with Crippen LogP contribution in [0.5, 0.6) is 0 Å². The second-order valence-electron chi connectivity index (χ2n) is 4.78. The van der Waals surface area contributed by atoms with Crippen LogP contribution in [-0.4, -0.2) is 28.7 Å². The Kier molecular flexibility index (Phi) is 4.61. The molecule has 0 radical (unpaired) electrons. The lowest BCUT2D eigenvalue weighted by Gasteiger charge is -2.34. The highest BCUT2D eigenvalue weighted by molar-refractivity contribution is 9.10. The number of likely N-dealkylation sites (tertiary alicyclic amines) is 1. The van der Waals surface area contributed by atoms with Gasteiger partial charge in [-0.2, -0.15) is 0 Å². The molecule has 1 aliphatic heterocycles. The van der Waals surface area contributed by atoms with E-state index in [1.165, 1.54) is 4.90 Å². The molecule has 0 bridgehead atoms. The highest BCUT2D eigenvalue weighted by Gasteiger charge is 2.30. The van der Waals surface area contributed by atoms with Crippen LogP contribution in [0.15, 0.2) is 16.6 Å². The monoisotopic (exact) mass is 395 g/mol. The van der Waals surface area contributed by atoms with Gasteiger partial charge in [-0.3, -0.25) is 4.79 Å². The van der Waals surface area contributed by atoms with Crippen molar-refractivity contribution in [2.45, 2.75) is 18.2 Å². The van der Waals surface area contributed by atoms with Crippen molar-refractivity contribution in [1.82, 2.24) is 4.90 Å². The number of piperidine rings is 1. The molecule has 0 spiro atoms. The fourth-order valence-electron chi connectivity index (χ4n) is 2.21. The second kappa shape index (κ2) is 5.87. The number of halogens is 4. The van der Waals surface area contributed by atoms with Gasteiger partial charge in [-0.15, -0.1) is 0 Å². The van der Waals surface area contributed by atoms with Crippen molar-refractivity contribution in [2.75, 3.05) is 13.1 Å². The lowest BCUT2D eigenvalue weighted by Crippen LogP contribution is -2.43. The second-order valence-corrected chi connectivity index (χ2v) is 6.87. The Labute approximate surface area is 127 Å². The average Bonchev–Trinajstić information content (AvgIpc) is 2.31. The number of carbonyl (C=O) groups excluding carboxylic acids is 1. The topological polar surface area (TPSA) is 20.3 Å². The van der Waals surface area contributed by atoms with E-state index in [9.17, 15) is 13.6 Å². The van der Waals surface area contributed by atoms with Crippen LogP contribution in [-0.2, 0) is 0 Å². The number of alkyl halides is 1. The molecule has 2 unspecified atom stereocenters. The van der Waals surface area contributed by atoms with E-state index in [0.29, 0.717) is 17.9 Å². The van der Waals surface area contributed by atoms with E-state index in [1.807, 2.05) is 6.92 Å². The molecule has 2 nitrogen and oxygen atoms in total. The molecule has 19 heavy (non-hydrogen) atoms. The highest BCUT2D eigenvalue weighted by atomic mass is 79.9. The third kappa shape index (κ3) is 3.16. The van der Waals surface area contributed by atoms with Crippen molar-refractivity contribution < 1.29 is 13.6 Å². The summed E-state index contributed by atoms with van der Waals surface area (Å²) in [4.78, 5) is 14.1. The third-order valence-electron chi connectivity index (χ3n) is 3.31. The summed E-state index contributed by atoms with van der Waals surface area (Å²) in [6.45, 7) is 3.02. The van der Waals surface area contributed by atoms with Crippen LogP contribution >= 0.6 is 31.9 Å². The van der Waals surface area contributed by atoms with Gasteiger partial charge in [0.05, 0.1) is 0 Å². The van der Waals surface area contributed by atoms with Crippen LogP contribution < -0.4 is 0 Å². The first-order chi connectivity index (χ1) is 8.90. The van der Waals surface area contributed by atoms with Gasteiger partial charge < -0.3 is 4.90 Å². The quantitative estimate of drug-likeness (QED) is 0.657. The Bertz CT molecular complexity index is 486. The number of amides is 1. The average molecular weight is 397 g/mol. The molecular weight excluding hydrogens is 384 g/mol. The van der Waals surface area contributed by atoms with Crippen LogP contribution in [0.25, 0.3) is 0 Å². The van der Waals surface area contributed by atoms with Crippen LogP contribution in [0.3, 0.4) is 0 Å². The molecule has 0 aromatic heterocycles. The van der Waals surface area contributed by atoms with E-state index in [0.717, 1.165) is 18.6 Å². The summed E-state index contributed by atoms with van der Waals surface area (Å²) in [5, 5.41) is 0. The zero-order valence-electron chi connectivity index (χ0n) is 10.3. The maximum Gasteiger partial charge on any atom is 0.259 e. The van der Waals surface area contributed by atoms with Crippen molar-refractivity contribution in [2.24, 2.45) is 5.92 Å². The number of rotatable bonds is 1. The van der Waals surface area contributed by atoms with Gasteiger partial charge in [-0.1, -0.05) is 38.8 Å². The van der Waals surface area contributed by atoms with Gasteiger partial charge in [-0.05, 0) is 24.5 Å². The standard InChI is InChI=1S/C13H13Br2F2NO/c1-7-6-18(3-2-9(7)15)13(19)12-10(16)4-8(14)5-11(12)17/h4-5,7,9H,2-3,6H2,1H3. The normalized spacial score (nSPS) is 23.5. The number of hydrogen-bond donors (Lipinski definition) is 0. The Balaban J connectivity index is 2.25. The van der Waals surface area contributed by atoms with Crippen LogP contribution in [0.4, 0.5) is 8.78 Å². The first kappa shape index (κ1) is 14.9. The first-order valence-corrected chi connectivity index (χ1v) is 7.69. The molecule has 104 valence electrons. The molecule has 1 aliphatic rings. The molecule has 0 N–H and O–H groups in total. The Morgan fingerprint density at radius 1 is 1.37 bits per heavy atom. The van der Waals surface area contributed by atoms with E-state index in [1.54, 1.807) is 0 Å². The van der Waals surface area contributed by atoms with Gasteiger partial charge >= 0.3 is 0 Å². The SMILES string of the molecule is CC1CN(C(=O)c2c(F)cc(Br)cc2F)CCC1Br. The van der Waals surface area contributed by atoms with E-state index in [4.69, 9.17) is 0 Å². The molecule has 1 aromatic carbocycles. The largest absolute Gasteiger partial charge is 0.338 e. The molecular formula is C13H13Br2F2NO. The van der Waals surface area contributed by atoms with Crippen LogP contribution in [0.2, 0.25) is 0 Å². The molecule has 6 heteroatoms. The van der Waals surface area contributed by atoms with Gasteiger partial charge in [0.25, 0.3) is 5.91 Å². The predicted octanol–water partition coefficient (Wildman–Crippen LogP) is 3.97. The number of carbonyl (C=O) groups is 1. The summed E-state index contributed by atoms with van der Waals surface area (Å²) in [5.74, 6) is -1.97. The fraction of sp³-hybridized carbons (Fsp3) is 0.462. The van der Waals surface area contributed by atoms with Crippen LogP contribution in [0.1, 0.15) is 23.7 Å². The summed E-state index contributed by atoms with van der Waals surface area (Å²) in [5.41, 5.74) is -0.469. The van der Waals surface area contributed by atoms with Crippen molar-refractivity contribution in [3.05, 3.63) is 33.8 Å². The van der Waals surface area contributed by atoms with Gasteiger partial charge in [0, 0.05) is 22.4 Å². The maximum atomic E-state index is 13.8. The summed E-state index contributed by atoms with van der Waals surface area (Å²) < 4.78 is 27.8. The fourth-order valence-corrected chi connectivity index (χ4v) is 2.98.